The Morgan fingerprint density at radius 3 is 2.85 bits per heavy atom. The van der Waals surface area contributed by atoms with Crippen molar-refractivity contribution < 1.29 is 4.79 Å². The Bertz CT molecular complexity index is 208. The van der Waals surface area contributed by atoms with E-state index in [1.54, 1.807) is 6.92 Å². The van der Waals surface area contributed by atoms with Crippen molar-refractivity contribution in [2.24, 2.45) is 0 Å². The summed E-state index contributed by atoms with van der Waals surface area (Å²) in [5.41, 5.74) is 1.34. The summed E-state index contributed by atoms with van der Waals surface area (Å²) < 4.78 is 0. The summed E-state index contributed by atoms with van der Waals surface area (Å²) in [6.45, 7) is 7.27. The van der Waals surface area contributed by atoms with Crippen LogP contribution in [0.3, 0.4) is 0 Å². The molecule has 0 bridgehead atoms. The zero-order valence-electron chi connectivity index (χ0n) is 8.68. The van der Waals surface area contributed by atoms with Crippen LogP contribution in [0.4, 0.5) is 0 Å². The lowest BCUT2D eigenvalue weighted by molar-refractivity contribution is -0.112. The fourth-order valence-electron chi connectivity index (χ4n) is 1.82. The first-order valence-corrected chi connectivity index (χ1v) is 5.14. The monoisotopic (exact) mass is 181 g/mol. The van der Waals surface area contributed by atoms with Crippen molar-refractivity contribution in [3.8, 4) is 0 Å². The molecule has 0 aromatic rings. The van der Waals surface area contributed by atoms with Gasteiger partial charge in [0.2, 0.25) is 0 Å². The highest BCUT2D eigenvalue weighted by molar-refractivity contribution is 5.87. The molecule has 0 atom stereocenters. The number of hydrogen-bond acceptors (Lipinski definition) is 2. The SMILES string of the molecule is CCN1CCCC(=CC(C)=O)CC1. The van der Waals surface area contributed by atoms with Crippen molar-refractivity contribution in [2.75, 3.05) is 19.6 Å². The van der Waals surface area contributed by atoms with Crippen LogP contribution in [-0.2, 0) is 4.79 Å². The molecule has 0 N–H and O–H groups in total. The van der Waals surface area contributed by atoms with E-state index in [0.29, 0.717) is 0 Å². The molecule has 1 heterocycles. The number of hydrogen-bond donors (Lipinski definition) is 0. The third-order valence-electron chi connectivity index (χ3n) is 2.58. The van der Waals surface area contributed by atoms with Gasteiger partial charge >= 0.3 is 0 Å². The van der Waals surface area contributed by atoms with Gasteiger partial charge < -0.3 is 4.90 Å². The van der Waals surface area contributed by atoms with Gasteiger partial charge in [0, 0.05) is 6.54 Å². The van der Waals surface area contributed by atoms with E-state index in [9.17, 15) is 4.79 Å². The Labute approximate surface area is 80.6 Å². The smallest absolute Gasteiger partial charge is 0.152 e. The van der Waals surface area contributed by atoms with Crippen LogP contribution >= 0.6 is 0 Å². The van der Waals surface area contributed by atoms with Gasteiger partial charge in [0.15, 0.2) is 5.78 Å². The van der Waals surface area contributed by atoms with Crippen molar-refractivity contribution in [3.63, 3.8) is 0 Å². The fraction of sp³-hybridized carbons (Fsp3) is 0.727. The van der Waals surface area contributed by atoms with Gasteiger partial charge in [-0.25, -0.2) is 0 Å². The summed E-state index contributed by atoms with van der Waals surface area (Å²) in [4.78, 5) is 13.3. The first-order chi connectivity index (χ1) is 6.22. The summed E-state index contributed by atoms with van der Waals surface area (Å²) in [5, 5.41) is 0. The maximum absolute atomic E-state index is 10.9. The first kappa shape index (κ1) is 10.5. The van der Waals surface area contributed by atoms with E-state index in [1.807, 2.05) is 6.08 Å². The van der Waals surface area contributed by atoms with Gasteiger partial charge in [-0.1, -0.05) is 12.5 Å². The first-order valence-electron chi connectivity index (χ1n) is 5.14. The lowest BCUT2D eigenvalue weighted by Gasteiger charge is -2.15. The molecule has 2 nitrogen and oxygen atoms in total. The summed E-state index contributed by atoms with van der Waals surface area (Å²) in [6, 6.07) is 0. The van der Waals surface area contributed by atoms with E-state index in [4.69, 9.17) is 0 Å². The lowest BCUT2D eigenvalue weighted by atomic mass is 10.1. The summed E-state index contributed by atoms with van der Waals surface area (Å²) in [7, 11) is 0. The number of carbonyl (C=O) groups is 1. The van der Waals surface area contributed by atoms with Gasteiger partial charge in [0.05, 0.1) is 0 Å². The van der Waals surface area contributed by atoms with Gasteiger partial charge in [-0.2, -0.15) is 0 Å². The molecule has 0 amide bonds. The van der Waals surface area contributed by atoms with Crippen molar-refractivity contribution in [1.29, 1.82) is 0 Å². The molecule has 0 radical (unpaired) electrons. The van der Waals surface area contributed by atoms with Crippen LogP contribution in [0.1, 0.15) is 33.1 Å². The highest BCUT2D eigenvalue weighted by Gasteiger charge is 2.10. The van der Waals surface area contributed by atoms with Gasteiger partial charge in [-0.05, 0) is 45.4 Å². The third-order valence-corrected chi connectivity index (χ3v) is 2.58. The molecule has 74 valence electrons. The van der Waals surface area contributed by atoms with Gasteiger partial charge in [0.25, 0.3) is 0 Å². The number of allylic oxidation sites excluding steroid dienone is 1. The standard InChI is InChI=1S/C11H19NO/c1-3-12-7-4-5-11(6-8-12)9-10(2)13/h9H,3-8H2,1-2H3. The van der Waals surface area contributed by atoms with E-state index in [2.05, 4.69) is 11.8 Å². The Kier molecular flexibility index (Phi) is 4.16. The maximum atomic E-state index is 10.9. The number of likely N-dealkylation sites (tertiary alicyclic amines) is 1. The molecule has 1 aliphatic heterocycles. The Morgan fingerprint density at radius 1 is 1.46 bits per heavy atom. The molecule has 1 rings (SSSR count). The minimum absolute atomic E-state index is 0.194. The Hall–Kier alpha value is -0.630. The number of rotatable bonds is 2. The van der Waals surface area contributed by atoms with Crippen LogP contribution in [0.25, 0.3) is 0 Å². The second kappa shape index (κ2) is 5.18. The van der Waals surface area contributed by atoms with Crippen molar-refractivity contribution in [1.82, 2.24) is 4.90 Å². The van der Waals surface area contributed by atoms with E-state index < -0.39 is 0 Å². The second-order valence-corrected chi connectivity index (χ2v) is 3.70. The van der Waals surface area contributed by atoms with Crippen LogP contribution in [0.2, 0.25) is 0 Å². The third kappa shape index (κ3) is 3.73. The zero-order valence-corrected chi connectivity index (χ0v) is 8.68. The summed E-state index contributed by atoms with van der Waals surface area (Å²) >= 11 is 0. The molecule has 13 heavy (non-hydrogen) atoms. The summed E-state index contributed by atoms with van der Waals surface area (Å²) in [5.74, 6) is 0.194. The van der Waals surface area contributed by atoms with Gasteiger partial charge in [0.1, 0.15) is 0 Å². The molecule has 1 fully saturated rings. The molecule has 0 aromatic heterocycles. The molecule has 2 heteroatoms. The van der Waals surface area contributed by atoms with Gasteiger partial charge in [-0.3, -0.25) is 4.79 Å². The van der Waals surface area contributed by atoms with Crippen molar-refractivity contribution in [3.05, 3.63) is 11.6 Å². The lowest BCUT2D eigenvalue weighted by Crippen LogP contribution is -2.23. The van der Waals surface area contributed by atoms with E-state index in [0.717, 1.165) is 25.9 Å². The van der Waals surface area contributed by atoms with Crippen LogP contribution < -0.4 is 0 Å². The molecular formula is C11H19NO. The molecule has 0 unspecified atom stereocenters. The van der Waals surface area contributed by atoms with E-state index in [1.165, 1.54) is 18.5 Å². The summed E-state index contributed by atoms with van der Waals surface area (Å²) in [6.07, 6.45) is 5.20. The largest absolute Gasteiger partial charge is 0.303 e. The molecule has 0 aliphatic carbocycles. The van der Waals surface area contributed by atoms with Crippen molar-refractivity contribution >= 4 is 5.78 Å². The van der Waals surface area contributed by atoms with E-state index >= 15 is 0 Å². The average molecular weight is 181 g/mol. The molecule has 0 aromatic carbocycles. The Balaban J connectivity index is 2.49. The molecule has 1 saturated heterocycles. The van der Waals surface area contributed by atoms with E-state index in [-0.39, 0.29) is 5.78 Å². The topological polar surface area (TPSA) is 20.3 Å². The highest BCUT2D eigenvalue weighted by Crippen LogP contribution is 2.15. The average Bonchev–Trinajstić information content (AvgIpc) is 2.29. The van der Waals surface area contributed by atoms with Crippen LogP contribution in [0, 0.1) is 0 Å². The van der Waals surface area contributed by atoms with Crippen LogP contribution in [0.5, 0.6) is 0 Å². The fourth-order valence-corrected chi connectivity index (χ4v) is 1.82. The van der Waals surface area contributed by atoms with Crippen molar-refractivity contribution in [2.45, 2.75) is 33.1 Å². The Morgan fingerprint density at radius 2 is 2.23 bits per heavy atom. The number of ketones is 1. The normalized spacial score (nSPS) is 23.1. The minimum atomic E-state index is 0.194. The molecule has 0 saturated carbocycles. The quantitative estimate of drug-likeness (QED) is 0.607. The molecular weight excluding hydrogens is 162 g/mol. The number of carbonyl (C=O) groups excluding carboxylic acids is 1. The maximum Gasteiger partial charge on any atom is 0.152 e. The van der Waals surface area contributed by atoms with Gasteiger partial charge in [-0.15, -0.1) is 0 Å². The second-order valence-electron chi connectivity index (χ2n) is 3.70. The minimum Gasteiger partial charge on any atom is -0.303 e. The van der Waals surface area contributed by atoms with Crippen LogP contribution in [-0.4, -0.2) is 30.3 Å². The molecule has 1 aliphatic rings. The number of nitrogens with zero attached hydrogens (tertiary/aromatic N) is 1. The highest BCUT2D eigenvalue weighted by atomic mass is 16.1. The zero-order chi connectivity index (χ0) is 9.68. The van der Waals surface area contributed by atoms with Crippen LogP contribution in [0.15, 0.2) is 11.6 Å². The predicted molar refractivity (Wildman–Crippen MR) is 54.7 cm³/mol. The molecule has 0 spiro atoms. The predicted octanol–water partition coefficient (Wildman–Crippen LogP) is 2.01.